The summed E-state index contributed by atoms with van der Waals surface area (Å²) in [7, 11) is 0. The van der Waals surface area contributed by atoms with E-state index >= 15 is 0 Å². The zero-order chi connectivity index (χ0) is 18.4. The maximum absolute atomic E-state index is 12.3. The van der Waals surface area contributed by atoms with Gasteiger partial charge in [-0.05, 0) is 36.6 Å². The molecule has 0 radical (unpaired) electrons. The predicted octanol–water partition coefficient (Wildman–Crippen LogP) is 3.45. The fourth-order valence-corrected chi connectivity index (χ4v) is 3.37. The molecule has 138 valence electrons. The van der Waals surface area contributed by atoms with Crippen molar-refractivity contribution in [3.63, 3.8) is 0 Å². The van der Waals surface area contributed by atoms with Crippen LogP contribution < -0.4 is 5.32 Å². The van der Waals surface area contributed by atoms with E-state index in [-0.39, 0.29) is 5.91 Å². The third-order valence-electron chi connectivity index (χ3n) is 5.25. The summed E-state index contributed by atoms with van der Waals surface area (Å²) in [6, 6.07) is 16.7. The molecule has 1 heterocycles. The third-order valence-corrected chi connectivity index (χ3v) is 5.25. The largest absolute Gasteiger partial charge is 0.326 e. The minimum absolute atomic E-state index is 0.102. The van der Waals surface area contributed by atoms with E-state index in [0.717, 1.165) is 50.5 Å². The van der Waals surface area contributed by atoms with E-state index in [1.165, 1.54) is 11.1 Å². The van der Waals surface area contributed by atoms with Gasteiger partial charge in [-0.25, -0.2) is 0 Å². The van der Waals surface area contributed by atoms with Gasteiger partial charge in [0.25, 0.3) is 0 Å². The average Bonchev–Trinajstić information content (AvgIpc) is 2.66. The Labute approximate surface area is 156 Å². The molecule has 4 nitrogen and oxygen atoms in total. The standard InChI is InChI=1S/C22H29N3O/c1-18-7-6-10-21(19(18)2)23-22(26)11-12-24-13-15-25(16-14-24)17-20-8-4-3-5-9-20/h3-10H,11-17H2,1-2H3,(H,23,26). The lowest BCUT2D eigenvalue weighted by atomic mass is 10.1. The lowest BCUT2D eigenvalue weighted by molar-refractivity contribution is -0.116. The molecule has 0 saturated carbocycles. The molecule has 1 aliphatic heterocycles. The van der Waals surface area contributed by atoms with Gasteiger partial charge in [0.2, 0.25) is 5.91 Å². The van der Waals surface area contributed by atoms with Crippen molar-refractivity contribution in [3.05, 3.63) is 65.2 Å². The first kappa shape index (κ1) is 18.6. The SMILES string of the molecule is Cc1cccc(NC(=O)CCN2CCN(Cc3ccccc3)CC2)c1C. The fourth-order valence-electron chi connectivity index (χ4n) is 3.37. The van der Waals surface area contributed by atoms with Crippen LogP contribution in [0.2, 0.25) is 0 Å². The molecular weight excluding hydrogens is 322 g/mol. The first-order valence-electron chi connectivity index (χ1n) is 9.46. The maximum atomic E-state index is 12.3. The zero-order valence-corrected chi connectivity index (χ0v) is 15.9. The van der Waals surface area contributed by atoms with E-state index in [0.29, 0.717) is 6.42 Å². The summed E-state index contributed by atoms with van der Waals surface area (Å²) in [4.78, 5) is 17.2. The molecule has 0 atom stereocenters. The first-order chi connectivity index (χ1) is 12.6. The molecule has 4 heteroatoms. The summed E-state index contributed by atoms with van der Waals surface area (Å²) in [6.07, 6.45) is 0.548. The Morgan fingerprint density at radius 2 is 1.62 bits per heavy atom. The summed E-state index contributed by atoms with van der Waals surface area (Å²) in [5.41, 5.74) is 4.66. The molecule has 1 N–H and O–H groups in total. The van der Waals surface area contributed by atoms with Crippen molar-refractivity contribution in [2.24, 2.45) is 0 Å². The number of carbonyl (C=O) groups excluding carboxylic acids is 1. The third kappa shape index (κ3) is 5.16. The molecular formula is C22H29N3O. The van der Waals surface area contributed by atoms with Gasteiger partial charge in [0.15, 0.2) is 0 Å². The van der Waals surface area contributed by atoms with E-state index in [4.69, 9.17) is 0 Å². The van der Waals surface area contributed by atoms with Gasteiger partial charge in [0, 0.05) is 51.4 Å². The van der Waals surface area contributed by atoms with Gasteiger partial charge < -0.3 is 10.2 Å². The van der Waals surface area contributed by atoms with Crippen LogP contribution >= 0.6 is 0 Å². The lowest BCUT2D eigenvalue weighted by Crippen LogP contribution is -2.46. The van der Waals surface area contributed by atoms with Gasteiger partial charge in [0.1, 0.15) is 0 Å². The molecule has 0 bridgehead atoms. The first-order valence-corrected chi connectivity index (χ1v) is 9.46. The van der Waals surface area contributed by atoms with Crippen molar-refractivity contribution in [1.82, 2.24) is 9.80 Å². The second-order valence-electron chi connectivity index (χ2n) is 7.15. The average molecular weight is 351 g/mol. The molecule has 26 heavy (non-hydrogen) atoms. The van der Waals surface area contributed by atoms with Crippen LogP contribution in [0.5, 0.6) is 0 Å². The van der Waals surface area contributed by atoms with Crippen molar-refractivity contribution < 1.29 is 4.79 Å². The molecule has 2 aromatic rings. The van der Waals surface area contributed by atoms with Crippen LogP contribution in [-0.4, -0.2) is 48.4 Å². The van der Waals surface area contributed by atoms with E-state index in [2.05, 4.69) is 65.4 Å². The number of anilines is 1. The fraction of sp³-hybridized carbons (Fsp3) is 0.409. The van der Waals surface area contributed by atoms with Gasteiger partial charge in [-0.2, -0.15) is 0 Å². The minimum atomic E-state index is 0.102. The summed E-state index contributed by atoms with van der Waals surface area (Å²) < 4.78 is 0. The highest BCUT2D eigenvalue weighted by atomic mass is 16.1. The monoisotopic (exact) mass is 351 g/mol. The molecule has 1 saturated heterocycles. The smallest absolute Gasteiger partial charge is 0.225 e. The molecule has 0 aliphatic carbocycles. The Morgan fingerprint density at radius 3 is 2.35 bits per heavy atom. The van der Waals surface area contributed by atoms with Crippen LogP contribution in [0.1, 0.15) is 23.1 Å². The van der Waals surface area contributed by atoms with Crippen molar-refractivity contribution in [2.45, 2.75) is 26.8 Å². The van der Waals surface area contributed by atoms with Crippen LogP contribution in [0.3, 0.4) is 0 Å². The van der Waals surface area contributed by atoms with Crippen LogP contribution in [0.4, 0.5) is 5.69 Å². The summed E-state index contributed by atoms with van der Waals surface area (Å²) in [6.45, 7) is 10.2. The molecule has 2 aromatic carbocycles. The Hall–Kier alpha value is -2.17. The highest BCUT2D eigenvalue weighted by Crippen LogP contribution is 2.18. The Balaban J connectivity index is 1.39. The second-order valence-corrected chi connectivity index (χ2v) is 7.15. The molecule has 0 unspecified atom stereocenters. The topological polar surface area (TPSA) is 35.6 Å². The lowest BCUT2D eigenvalue weighted by Gasteiger charge is -2.34. The van der Waals surface area contributed by atoms with Gasteiger partial charge in [-0.3, -0.25) is 9.69 Å². The summed E-state index contributed by atoms with van der Waals surface area (Å²) >= 11 is 0. The van der Waals surface area contributed by atoms with Crippen LogP contribution in [0, 0.1) is 13.8 Å². The van der Waals surface area contributed by atoms with E-state index < -0.39 is 0 Å². The molecule has 3 rings (SSSR count). The predicted molar refractivity (Wildman–Crippen MR) is 107 cm³/mol. The van der Waals surface area contributed by atoms with Crippen molar-refractivity contribution in [2.75, 3.05) is 38.0 Å². The van der Waals surface area contributed by atoms with Crippen molar-refractivity contribution in [1.29, 1.82) is 0 Å². The Kier molecular flexibility index (Phi) is 6.42. The number of hydrogen-bond acceptors (Lipinski definition) is 3. The molecule has 1 amide bonds. The quantitative estimate of drug-likeness (QED) is 0.866. The van der Waals surface area contributed by atoms with Crippen molar-refractivity contribution >= 4 is 11.6 Å². The molecule has 0 spiro atoms. The normalized spacial score (nSPS) is 15.8. The highest BCUT2D eigenvalue weighted by molar-refractivity contribution is 5.91. The molecule has 0 aromatic heterocycles. The van der Waals surface area contributed by atoms with E-state index in [1.807, 2.05) is 12.1 Å². The Morgan fingerprint density at radius 1 is 0.923 bits per heavy atom. The number of amides is 1. The summed E-state index contributed by atoms with van der Waals surface area (Å²) in [5, 5.41) is 3.06. The van der Waals surface area contributed by atoms with Crippen LogP contribution in [0.25, 0.3) is 0 Å². The number of carbonyl (C=O) groups is 1. The number of piperazine rings is 1. The highest BCUT2D eigenvalue weighted by Gasteiger charge is 2.17. The van der Waals surface area contributed by atoms with Crippen molar-refractivity contribution in [3.8, 4) is 0 Å². The number of nitrogens with one attached hydrogen (secondary N) is 1. The number of aryl methyl sites for hydroxylation is 1. The summed E-state index contributed by atoms with van der Waals surface area (Å²) in [5.74, 6) is 0.102. The van der Waals surface area contributed by atoms with E-state index in [9.17, 15) is 4.79 Å². The van der Waals surface area contributed by atoms with Gasteiger partial charge in [-0.15, -0.1) is 0 Å². The molecule has 1 aliphatic rings. The van der Waals surface area contributed by atoms with Gasteiger partial charge >= 0.3 is 0 Å². The van der Waals surface area contributed by atoms with Gasteiger partial charge in [-0.1, -0.05) is 42.5 Å². The minimum Gasteiger partial charge on any atom is -0.326 e. The second kappa shape index (κ2) is 8.97. The Bertz CT molecular complexity index is 721. The maximum Gasteiger partial charge on any atom is 0.225 e. The number of hydrogen-bond donors (Lipinski definition) is 1. The number of nitrogens with zero attached hydrogens (tertiary/aromatic N) is 2. The van der Waals surface area contributed by atoms with Crippen LogP contribution in [0.15, 0.2) is 48.5 Å². The van der Waals surface area contributed by atoms with E-state index in [1.54, 1.807) is 0 Å². The zero-order valence-electron chi connectivity index (χ0n) is 15.9. The van der Waals surface area contributed by atoms with Crippen LogP contribution in [-0.2, 0) is 11.3 Å². The number of rotatable bonds is 6. The molecule has 1 fully saturated rings. The van der Waals surface area contributed by atoms with Gasteiger partial charge in [0.05, 0.1) is 0 Å². The number of benzene rings is 2.